The van der Waals surface area contributed by atoms with Crippen LogP contribution in [0.5, 0.6) is 11.5 Å². The topological polar surface area (TPSA) is 52.5 Å². The lowest BCUT2D eigenvalue weighted by Crippen LogP contribution is -2.29. The molecule has 1 amide bonds. The first kappa shape index (κ1) is 22.9. The molecule has 1 aromatic heterocycles. The number of methoxy groups -OCH3 is 2. The van der Waals surface area contributed by atoms with E-state index in [0.717, 1.165) is 48.1 Å². The maximum absolute atomic E-state index is 13.4. The van der Waals surface area contributed by atoms with E-state index in [4.69, 9.17) is 9.47 Å². The van der Waals surface area contributed by atoms with Crippen LogP contribution < -0.4 is 14.8 Å². The molecule has 0 spiro atoms. The van der Waals surface area contributed by atoms with Crippen molar-refractivity contribution in [3.05, 3.63) is 81.9 Å². The van der Waals surface area contributed by atoms with Gasteiger partial charge in [-0.2, -0.15) is 0 Å². The number of carbonyl (C=O) groups excluding carboxylic acids is 1. The minimum Gasteiger partial charge on any atom is -0.493 e. The molecule has 0 bridgehead atoms. The van der Waals surface area contributed by atoms with Crippen molar-refractivity contribution in [1.29, 1.82) is 0 Å². The molecular weight excluding hydrogens is 419 g/mol. The van der Waals surface area contributed by atoms with Gasteiger partial charge in [-0.15, -0.1) is 0 Å². The number of fused-ring (bicyclic) bond motifs is 1. The van der Waals surface area contributed by atoms with E-state index < -0.39 is 0 Å². The summed E-state index contributed by atoms with van der Waals surface area (Å²) in [5.41, 5.74) is 6.38. The van der Waals surface area contributed by atoms with E-state index in [1.807, 2.05) is 18.2 Å². The molecular formula is C27H31FN2O3. The van der Waals surface area contributed by atoms with E-state index >= 15 is 0 Å². The molecule has 1 N–H and O–H groups in total. The average molecular weight is 451 g/mol. The summed E-state index contributed by atoms with van der Waals surface area (Å²) in [6.45, 7) is 3.13. The van der Waals surface area contributed by atoms with E-state index in [1.54, 1.807) is 26.4 Å². The Morgan fingerprint density at radius 1 is 1.00 bits per heavy atom. The first-order valence-electron chi connectivity index (χ1n) is 11.5. The summed E-state index contributed by atoms with van der Waals surface area (Å²) in [5, 5.41) is 3.11. The fraction of sp³-hybridized carbons (Fsp3) is 0.370. The number of amides is 1. The average Bonchev–Trinajstić information content (AvgIpc) is 3.12. The first-order valence-corrected chi connectivity index (χ1v) is 11.5. The fourth-order valence-electron chi connectivity index (χ4n) is 4.75. The lowest BCUT2D eigenvalue weighted by molar-refractivity contribution is 0.0944. The minimum atomic E-state index is -0.252. The Morgan fingerprint density at radius 2 is 1.70 bits per heavy atom. The van der Waals surface area contributed by atoms with E-state index in [-0.39, 0.29) is 11.7 Å². The highest BCUT2D eigenvalue weighted by Gasteiger charge is 2.26. The zero-order valence-electron chi connectivity index (χ0n) is 19.5. The third-order valence-electron chi connectivity index (χ3n) is 6.46. The molecule has 6 heteroatoms. The van der Waals surface area contributed by atoms with Crippen LogP contribution in [0.4, 0.5) is 4.39 Å². The molecule has 0 radical (unpaired) electrons. The minimum absolute atomic E-state index is 0.0653. The number of carbonyl (C=O) groups is 1. The Balaban J connectivity index is 1.53. The van der Waals surface area contributed by atoms with Gasteiger partial charge >= 0.3 is 0 Å². The predicted molar refractivity (Wildman–Crippen MR) is 127 cm³/mol. The van der Waals surface area contributed by atoms with Crippen molar-refractivity contribution in [1.82, 2.24) is 9.88 Å². The van der Waals surface area contributed by atoms with Gasteiger partial charge in [0.2, 0.25) is 0 Å². The fourth-order valence-corrected chi connectivity index (χ4v) is 4.75. The quantitative estimate of drug-likeness (QED) is 0.534. The summed E-state index contributed by atoms with van der Waals surface area (Å²) in [6, 6.07) is 12.3. The number of rotatable bonds is 8. The number of nitrogens with one attached hydrogen (secondary N) is 1. The molecule has 174 valence electrons. The molecule has 5 nitrogen and oxygen atoms in total. The number of ether oxygens (including phenoxy) is 2. The number of benzene rings is 2. The Morgan fingerprint density at radius 3 is 2.42 bits per heavy atom. The van der Waals surface area contributed by atoms with Crippen LogP contribution in [0.2, 0.25) is 0 Å². The molecule has 0 fully saturated rings. The molecule has 0 saturated carbocycles. The highest BCUT2D eigenvalue weighted by Crippen LogP contribution is 2.31. The van der Waals surface area contributed by atoms with Gasteiger partial charge in [-0.1, -0.05) is 18.2 Å². The van der Waals surface area contributed by atoms with Crippen molar-refractivity contribution in [2.75, 3.05) is 20.8 Å². The van der Waals surface area contributed by atoms with Crippen molar-refractivity contribution in [3.8, 4) is 11.5 Å². The zero-order valence-corrected chi connectivity index (χ0v) is 19.5. The van der Waals surface area contributed by atoms with E-state index in [1.165, 1.54) is 23.4 Å². The molecule has 4 rings (SSSR count). The Labute approximate surface area is 194 Å². The number of hydrogen-bond acceptors (Lipinski definition) is 3. The molecule has 1 heterocycles. The Kier molecular flexibility index (Phi) is 7.02. The molecule has 1 aliphatic carbocycles. The maximum atomic E-state index is 13.4. The van der Waals surface area contributed by atoms with Gasteiger partial charge < -0.3 is 19.4 Å². The van der Waals surface area contributed by atoms with Gasteiger partial charge in [0.25, 0.3) is 5.91 Å². The molecule has 1 aliphatic rings. The van der Waals surface area contributed by atoms with Gasteiger partial charge in [0, 0.05) is 18.8 Å². The van der Waals surface area contributed by atoms with Gasteiger partial charge in [-0.25, -0.2) is 4.39 Å². The van der Waals surface area contributed by atoms with Crippen molar-refractivity contribution < 1.29 is 18.7 Å². The zero-order chi connectivity index (χ0) is 23.4. The summed E-state index contributed by atoms with van der Waals surface area (Å²) >= 11 is 0. The lowest BCUT2D eigenvalue weighted by Gasteiger charge is -2.17. The standard InChI is InChI=1S/C27H31FN2O3/c1-18-22-6-4-5-7-23(22)30(17-20-8-11-21(28)12-9-20)26(18)27(31)29-15-14-19-10-13-24(32-2)25(16-19)33-3/h8-13,16H,4-7,14-15,17H2,1-3H3,(H,29,31). The smallest absolute Gasteiger partial charge is 0.268 e. The second-order valence-electron chi connectivity index (χ2n) is 8.51. The number of halogens is 1. The summed E-state index contributed by atoms with van der Waals surface area (Å²) in [6.07, 6.45) is 4.93. The van der Waals surface area contributed by atoms with Crippen LogP contribution in [0.25, 0.3) is 0 Å². The van der Waals surface area contributed by atoms with Crippen LogP contribution in [0.15, 0.2) is 42.5 Å². The van der Waals surface area contributed by atoms with Crippen LogP contribution in [0.1, 0.15) is 51.3 Å². The second kappa shape index (κ2) is 10.1. The van der Waals surface area contributed by atoms with E-state index in [9.17, 15) is 9.18 Å². The summed E-state index contributed by atoms with van der Waals surface area (Å²) in [7, 11) is 3.23. The van der Waals surface area contributed by atoms with Crippen molar-refractivity contribution in [2.24, 2.45) is 0 Å². The molecule has 33 heavy (non-hydrogen) atoms. The van der Waals surface area contributed by atoms with E-state index in [2.05, 4.69) is 16.8 Å². The monoisotopic (exact) mass is 450 g/mol. The summed E-state index contributed by atoms with van der Waals surface area (Å²) < 4.78 is 26.2. The number of aromatic nitrogens is 1. The van der Waals surface area contributed by atoms with Crippen molar-refractivity contribution >= 4 is 5.91 Å². The first-order chi connectivity index (χ1) is 16.0. The molecule has 3 aromatic rings. The highest BCUT2D eigenvalue weighted by atomic mass is 19.1. The van der Waals surface area contributed by atoms with Crippen LogP contribution in [0.3, 0.4) is 0 Å². The van der Waals surface area contributed by atoms with Gasteiger partial charge in [0.15, 0.2) is 11.5 Å². The van der Waals surface area contributed by atoms with Crippen LogP contribution >= 0.6 is 0 Å². The SMILES string of the molecule is COc1ccc(CCNC(=O)c2c(C)c3c(n2Cc2ccc(F)cc2)CCCC3)cc1OC. The summed E-state index contributed by atoms with van der Waals surface area (Å²) in [4.78, 5) is 13.3. The van der Waals surface area contributed by atoms with Gasteiger partial charge in [0.1, 0.15) is 11.5 Å². The summed E-state index contributed by atoms with van der Waals surface area (Å²) in [5.74, 6) is 1.05. The largest absolute Gasteiger partial charge is 0.493 e. The van der Waals surface area contributed by atoms with Crippen LogP contribution in [-0.4, -0.2) is 31.2 Å². The number of nitrogens with zero attached hydrogens (tertiary/aromatic N) is 1. The normalized spacial score (nSPS) is 12.8. The molecule has 0 aliphatic heterocycles. The maximum Gasteiger partial charge on any atom is 0.268 e. The van der Waals surface area contributed by atoms with Crippen molar-refractivity contribution in [3.63, 3.8) is 0 Å². The number of hydrogen-bond donors (Lipinski definition) is 1. The molecule has 0 atom stereocenters. The molecule has 2 aromatic carbocycles. The third-order valence-corrected chi connectivity index (χ3v) is 6.46. The van der Waals surface area contributed by atoms with Gasteiger partial charge in [-0.3, -0.25) is 4.79 Å². The predicted octanol–water partition coefficient (Wildman–Crippen LogP) is 4.85. The van der Waals surface area contributed by atoms with E-state index in [0.29, 0.717) is 31.0 Å². The van der Waals surface area contributed by atoms with Crippen LogP contribution in [-0.2, 0) is 25.8 Å². The van der Waals surface area contributed by atoms with Crippen molar-refractivity contribution in [2.45, 2.75) is 45.6 Å². The van der Waals surface area contributed by atoms with Gasteiger partial charge in [-0.05, 0) is 85.5 Å². The van der Waals surface area contributed by atoms with Crippen LogP contribution in [0, 0.1) is 12.7 Å². The highest BCUT2D eigenvalue weighted by molar-refractivity contribution is 5.95. The Hall–Kier alpha value is -3.28. The molecule has 0 unspecified atom stereocenters. The van der Waals surface area contributed by atoms with Gasteiger partial charge in [0.05, 0.1) is 14.2 Å². The Bertz CT molecular complexity index is 1140. The molecule has 0 saturated heterocycles. The third kappa shape index (κ3) is 4.90. The second-order valence-corrected chi connectivity index (χ2v) is 8.51. The lowest BCUT2D eigenvalue weighted by atomic mass is 9.95.